The van der Waals surface area contributed by atoms with Crippen molar-refractivity contribution in [2.24, 2.45) is 22.6 Å². The maximum absolute atomic E-state index is 12.5. The molecule has 0 bridgehead atoms. The van der Waals surface area contributed by atoms with Crippen molar-refractivity contribution >= 4 is 51.2 Å². The molecular weight excluding hydrogens is 449 g/mol. The number of thiazole rings is 1. The minimum absolute atomic E-state index is 0. The van der Waals surface area contributed by atoms with Gasteiger partial charge in [0.15, 0.2) is 0 Å². The second-order valence-electron chi connectivity index (χ2n) is 7.53. The smallest absolute Gasteiger partial charge is 0.543 e. The number of amidine groups is 1. The molecule has 3 N–H and O–H groups in total. The van der Waals surface area contributed by atoms with Crippen LogP contribution in [0.3, 0.4) is 0 Å². The van der Waals surface area contributed by atoms with E-state index in [2.05, 4.69) is 9.98 Å². The Hall–Kier alpha value is -1.37. The van der Waals surface area contributed by atoms with Crippen molar-refractivity contribution < 1.29 is 49.4 Å². The van der Waals surface area contributed by atoms with E-state index in [4.69, 9.17) is 5.73 Å². The van der Waals surface area contributed by atoms with E-state index in [1.165, 1.54) is 16.2 Å². The number of rotatable bonds is 7. The predicted octanol–water partition coefficient (Wildman–Crippen LogP) is -2.81. The van der Waals surface area contributed by atoms with Crippen LogP contribution in [0.1, 0.15) is 25.6 Å². The fraction of sp³-hybridized carbons (Fsp3) is 0.474. The third-order valence-corrected chi connectivity index (χ3v) is 7.73. The standard InChI is InChI=1S/C19H23N5O4S2.Na/c1-8-12(15(19(27)28)24-14(8)13(9(2)25)17(24)26)11-6-23-7-22-16(18(23)30-11)29-5-4-21-10(3)20;/h6-9,13-14,25H,4-5H2,1-3H3,(H2,20,21)(H,27,28);/q;+1/p-1/t8-,9+,13+,14+;/m0./s1. The number of amides is 1. The van der Waals surface area contributed by atoms with Gasteiger partial charge in [0.05, 0.1) is 47.0 Å². The van der Waals surface area contributed by atoms with E-state index >= 15 is 0 Å². The monoisotopic (exact) mass is 471 g/mol. The maximum atomic E-state index is 12.5. The summed E-state index contributed by atoms with van der Waals surface area (Å²) in [5.41, 5.74) is 6.04. The quantitative estimate of drug-likeness (QED) is 0.111. The molecule has 31 heavy (non-hydrogen) atoms. The van der Waals surface area contributed by atoms with Crippen LogP contribution >= 0.6 is 23.1 Å². The molecule has 2 aliphatic heterocycles. The zero-order chi connectivity index (χ0) is 21.7. The van der Waals surface area contributed by atoms with Gasteiger partial charge in [-0.05, 0) is 13.8 Å². The van der Waals surface area contributed by atoms with Gasteiger partial charge < -0.3 is 25.6 Å². The van der Waals surface area contributed by atoms with Crippen LogP contribution in [-0.2, 0) is 9.59 Å². The average Bonchev–Trinajstić information content (AvgIpc) is 3.28. The van der Waals surface area contributed by atoms with Crippen molar-refractivity contribution in [1.29, 1.82) is 0 Å². The molecule has 1 fully saturated rings. The number of aliphatic hydroxyl groups is 1. The Bertz CT molecular complexity index is 1090. The summed E-state index contributed by atoms with van der Waals surface area (Å²) in [4.78, 5) is 35.9. The van der Waals surface area contributed by atoms with E-state index in [0.717, 1.165) is 20.5 Å². The van der Waals surface area contributed by atoms with Crippen LogP contribution in [0.4, 0.5) is 0 Å². The summed E-state index contributed by atoms with van der Waals surface area (Å²) >= 11 is 2.98. The Morgan fingerprint density at radius 2 is 2.23 bits per heavy atom. The molecule has 160 valence electrons. The van der Waals surface area contributed by atoms with E-state index < -0.39 is 18.0 Å². The zero-order valence-electron chi connectivity index (χ0n) is 17.7. The molecule has 9 nitrogen and oxygen atoms in total. The predicted molar refractivity (Wildman–Crippen MR) is 113 cm³/mol. The van der Waals surface area contributed by atoms with Gasteiger partial charge in [-0.2, -0.15) is 0 Å². The number of carboxylic acid groups (broad SMARTS) is 1. The molecule has 1 saturated heterocycles. The number of aliphatic hydroxyl groups excluding tert-OH is 1. The Labute approximate surface area is 209 Å². The molecule has 0 radical (unpaired) electrons. The molecular formula is C19H22N5NaO4S2. The van der Waals surface area contributed by atoms with Crippen molar-refractivity contribution in [3.8, 4) is 0 Å². The number of hydrogen-bond donors (Lipinski definition) is 2. The van der Waals surface area contributed by atoms with Gasteiger partial charge in [-0.15, -0.1) is 23.1 Å². The van der Waals surface area contributed by atoms with Crippen LogP contribution in [0.5, 0.6) is 0 Å². The largest absolute Gasteiger partial charge is 1.00 e. The first-order valence-corrected chi connectivity index (χ1v) is 11.4. The van der Waals surface area contributed by atoms with E-state index in [-0.39, 0.29) is 53.1 Å². The number of fused-ring (bicyclic) bond motifs is 2. The fourth-order valence-corrected chi connectivity index (χ4v) is 6.39. The molecule has 1 amide bonds. The Balaban J connectivity index is 0.00000272. The van der Waals surface area contributed by atoms with Crippen LogP contribution in [0.25, 0.3) is 10.4 Å². The van der Waals surface area contributed by atoms with Gasteiger partial charge in [0.25, 0.3) is 0 Å². The normalized spacial score (nSPS) is 24.3. The van der Waals surface area contributed by atoms with Gasteiger partial charge in [-0.25, -0.2) is 4.98 Å². The third kappa shape index (κ3) is 4.07. The molecule has 4 heterocycles. The molecule has 12 heteroatoms. The molecule has 4 atom stereocenters. The number of carbonyl (C=O) groups is 2. The minimum Gasteiger partial charge on any atom is -0.543 e. The van der Waals surface area contributed by atoms with Gasteiger partial charge in [-0.1, -0.05) is 6.92 Å². The number of carboxylic acids is 1. The minimum atomic E-state index is -1.38. The summed E-state index contributed by atoms with van der Waals surface area (Å²) in [6.07, 6.45) is 2.68. The molecule has 0 aromatic carbocycles. The molecule has 0 aliphatic carbocycles. The van der Waals surface area contributed by atoms with Crippen molar-refractivity contribution in [3.05, 3.63) is 23.1 Å². The first-order valence-electron chi connectivity index (χ1n) is 9.55. The molecule has 2 aromatic heterocycles. The number of aromatic nitrogens is 2. The molecule has 2 aliphatic rings. The van der Waals surface area contributed by atoms with Crippen LogP contribution < -0.4 is 40.4 Å². The number of thioether (sulfide) groups is 1. The Morgan fingerprint density at radius 3 is 2.84 bits per heavy atom. The topological polar surface area (TPSA) is 136 Å². The Kier molecular flexibility index (Phi) is 7.24. The van der Waals surface area contributed by atoms with E-state index in [1.54, 1.807) is 31.9 Å². The van der Waals surface area contributed by atoms with Gasteiger partial charge in [0.1, 0.15) is 16.2 Å². The van der Waals surface area contributed by atoms with Crippen molar-refractivity contribution in [2.75, 3.05) is 12.3 Å². The molecule has 0 spiro atoms. The summed E-state index contributed by atoms with van der Waals surface area (Å²) in [6.45, 7) is 5.78. The third-order valence-electron chi connectivity index (χ3n) is 5.50. The summed E-state index contributed by atoms with van der Waals surface area (Å²) < 4.78 is 1.86. The number of β-lactam (4-membered cyclic amide) rings is 1. The number of carbonyl (C=O) groups excluding carboxylic acids is 2. The van der Waals surface area contributed by atoms with Gasteiger partial charge >= 0.3 is 29.6 Å². The summed E-state index contributed by atoms with van der Waals surface area (Å²) in [6, 6.07) is -0.369. The average molecular weight is 472 g/mol. The Morgan fingerprint density at radius 1 is 1.52 bits per heavy atom. The van der Waals surface area contributed by atoms with Gasteiger partial charge in [0, 0.05) is 23.4 Å². The number of aliphatic imine (C=N–C) groups is 1. The molecule has 0 saturated carbocycles. The summed E-state index contributed by atoms with van der Waals surface area (Å²) in [7, 11) is 0. The first kappa shape index (κ1) is 24.3. The summed E-state index contributed by atoms with van der Waals surface area (Å²) in [5, 5.41) is 22.7. The zero-order valence-corrected chi connectivity index (χ0v) is 21.4. The van der Waals surface area contributed by atoms with Crippen LogP contribution in [-0.4, -0.2) is 61.5 Å². The molecule has 0 unspecified atom stereocenters. The number of hydrogen-bond acceptors (Lipinski definition) is 8. The van der Waals surface area contributed by atoms with Crippen molar-refractivity contribution in [3.63, 3.8) is 0 Å². The fourth-order valence-electron chi connectivity index (χ4n) is 4.25. The van der Waals surface area contributed by atoms with Crippen LogP contribution in [0.2, 0.25) is 0 Å². The second kappa shape index (κ2) is 9.24. The van der Waals surface area contributed by atoms with Crippen LogP contribution in [0, 0.1) is 11.8 Å². The van der Waals surface area contributed by atoms with Crippen molar-refractivity contribution in [2.45, 2.75) is 37.9 Å². The number of nitrogens with zero attached hydrogens (tertiary/aromatic N) is 4. The maximum Gasteiger partial charge on any atom is 1.00 e. The first-order chi connectivity index (χ1) is 14.2. The van der Waals surface area contributed by atoms with Crippen molar-refractivity contribution in [1.82, 2.24) is 14.3 Å². The van der Waals surface area contributed by atoms with Crippen LogP contribution in [0.15, 0.2) is 28.2 Å². The van der Waals surface area contributed by atoms with E-state index in [1.807, 2.05) is 17.5 Å². The van der Waals surface area contributed by atoms with Gasteiger partial charge in [-0.3, -0.25) is 14.2 Å². The number of nitrogens with two attached hydrogens (primary N) is 1. The second-order valence-corrected chi connectivity index (χ2v) is 9.65. The number of aliphatic carboxylic acids is 1. The number of imidazole rings is 1. The van der Waals surface area contributed by atoms with E-state index in [9.17, 15) is 19.8 Å². The van der Waals surface area contributed by atoms with Gasteiger partial charge in [0.2, 0.25) is 5.91 Å². The summed E-state index contributed by atoms with van der Waals surface area (Å²) in [5.74, 6) is -1.32. The SMILES string of the molecule is CC(N)=NCCSc1ncn2cc(C3=C(C(=O)[O-])N4C(=O)[C@H]([C@@H](C)O)[C@H]4[C@H]3C)sc12.[Na+]. The molecule has 2 aromatic rings. The van der Waals surface area contributed by atoms with E-state index in [0.29, 0.717) is 18.0 Å². The molecule has 4 rings (SSSR count).